The topological polar surface area (TPSA) is 97.4 Å². The van der Waals surface area contributed by atoms with E-state index < -0.39 is 10.1 Å². The summed E-state index contributed by atoms with van der Waals surface area (Å²) < 4.78 is 52.1. The summed E-state index contributed by atoms with van der Waals surface area (Å²) >= 11 is 0. The van der Waals surface area contributed by atoms with Crippen molar-refractivity contribution < 1.29 is 36.3 Å². The molecule has 0 bridgehead atoms. The minimum atomic E-state index is -3.38. The first-order valence-electron chi connectivity index (χ1n) is 16.7. The van der Waals surface area contributed by atoms with Crippen molar-refractivity contribution in [3.8, 4) is 0 Å². The van der Waals surface area contributed by atoms with Crippen LogP contribution < -0.4 is 0 Å². The molecule has 9 heteroatoms. The second-order valence-electron chi connectivity index (χ2n) is 13.2. The van der Waals surface area contributed by atoms with Crippen molar-refractivity contribution in [1.82, 2.24) is 0 Å². The Hall–Kier alpha value is -0.840. The summed E-state index contributed by atoms with van der Waals surface area (Å²) in [6.45, 7) is 8.48. The Bertz CT molecular complexity index is 905. The van der Waals surface area contributed by atoms with E-state index >= 15 is 0 Å². The van der Waals surface area contributed by atoms with Crippen molar-refractivity contribution in [2.75, 3.05) is 26.1 Å². The van der Waals surface area contributed by atoms with Gasteiger partial charge in [-0.25, -0.2) is 0 Å². The van der Waals surface area contributed by atoms with Crippen molar-refractivity contribution >= 4 is 15.9 Å². The van der Waals surface area contributed by atoms with Crippen LogP contribution in [0.4, 0.5) is 0 Å². The van der Waals surface area contributed by atoms with Crippen LogP contribution in [0.15, 0.2) is 12.2 Å². The Morgan fingerprint density at radius 1 is 0.952 bits per heavy atom. The molecule has 3 unspecified atom stereocenters. The van der Waals surface area contributed by atoms with Crippen LogP contribution in [-0.4, -0.2) is 65.1 Å². The second kappa shape index (κ2) is 18.2. The van der Waals surface area contributed by atoms with Crippen LogP contribution in [0.2, 0.25) is 0 Å². The van der Waals surface area contributed by atoms with Crippen LogP contribution in [0, 0.1) is 17.3 Å². The second-order valence-corrected chi connectivity index (χ2v) is 14.9. The lowest BCUT2D eigenvalue weighted by atomic mass is 9.80. The average Bonchev–Trinajstić information content (AvgIpc) is 3.24. The van der Waals surface area contributed by atoms with E-state index in [1.165, 1.54) is 0 Å². The minimum Gasteiger partial charge on any atom is -0.353 e. The Balaban J connectivity index is 1.66. The van der Waals surface area contributed by atoms with Gasteiger partial charge in [0.2, 0.25) is 0 Å². The molecule has 0 radical (unpaired) electrons. The maximum absolute atomic E-state index is 13.4. The van der Waals surface area contributed by atoms with E-state index in [9.17, 15) is 13.2 Å². The third kappa shape index (κ3) is 12.6. The van der Waals surface area contributed by atoms with E-state index in [4.69, 9.17) is 23.1 Å². The summed E-state index contributed by atoms with van der Waals surface area (Å²) in [5.41, 5.74) is -0.0604. The fourth-order valence-electron chi connectivity index (χ4n) is 6.41. The first-order valence-corrected chi connectivity index (χ1v) is 18.5. The summed E-state index contributed by atoms with van der Waals surface area (Å²) in [5.74, 6) is 0.200. The quantitative estimate of drug-likeness (QED) is 0.0863. The summed E-state index contributed by atoms with van der Waals surface area (Å²) in [6, 6.07) is 0. The fraction of sp³-hybridized carbons (Fsp3) is 0.909. The number of unbranched alkanes of at least 4 members (excludes halogenated alkanes) is 5. The molecule has 0 aromatic carbocycles. The highest BCUT2D eigenvalue weighted by molar-refractivity contribution is 7.85. The normalized spacial score (nSPS) is 28.5. The number of rotatable bonds is 19. The van der Waals surface area contributed by atoms with Gasteiger partial charge in [-0.2, -0.15) is 8.42 Å². The number of hydrogen-bond acceptors (Lipinski definition) is 8. The van der Waals surface area contributed by atoms with E-state index in [0.717, 1.165) is 109 Å². The molecular weight excluding hydrogens is 556 g/mol. The molecule has 42 heavy (non-hydrogen) atoms. The first kappa shape index (κ1) is 35.6. The smallest absolute Gasteiger partial charge is 0.264 e. The van der Waals surface area contributed by atoms with Crippen LogP contribution in [0.25, 0.3) is 0 Å². The fourth-order valence-corrected chi connectivity index (χ4v) is 6.83. The van der Waals surface area contributed by atoms with Gasteiger partial charge in [-0.15, -0.1) is 0 Å². The Labute approximate surface area is 255 Å². The molecule has 1 saturated carbocycles. The Morgan fingerprint density at radius 3 is 2.26 bits per heavy atom. The van der Waals surface area contributed by atoms with Gasteiger partial charge in [-0.1, -0.05) is 71.4 Å². The van der Waals surface area contributed by atoms with Gasteiger partial charge >= 0.3 is 0 Å². The number of hydrogen-bond donors (Lipinski definition) is 0. The predicted molar refractivity (Wildman–Crippen MR) is 164 cm³/mol. The third-order valence-corrected chi connectivity index (χ3v) is 9.62. The Kier molecular flexibility index (Phi) is 15.4. The predicted octanol–water partition coefficient (Wildman–Crippen LogP) is 7.10. The number of Topliss-reactive ketones (excluding diaryl/α,β-unsaturated/α-hetero) is 1. The van der Waals surface area contributed by atoms with Crippen molar-refractivity contribution in [3.63, 3.8) is 0 Å². The summed E-state index contributed by atoms with van der Waals surface area (Å²) in [4.78, 5) is 13.4. The number of ether oxygens (including phenoxy) is 4. The average molecular weight is 615 g/mol. The van der Waals surface area contributed by atoms with Gasteiger partial charge < -0.3 is 18.9 Å². The zero-order valence-corrected chi connectivity index (χ0v) is 27.5. The van der Waals surface area contributed by atoms with Crippen molar-refractivity contribution in [2.45, 2.75) is 148 Å². The van der Waals surface area contributed by atoms with Gasteiger partial charge in [0.05, 0.1) is 25.1 Å². The maximum atomic E-state index is 13.4. The molecular formula is C33H58O8S. The highest BCUT2D eigenvalue weighted by Gasteiger charge is 2.43. The molecule has 3 fully saturated rings. The maximum Gasteiger partial charge on any atom is 0.264 e. The van der Waals surface area contributed by atoms with Crippen molar-refractivity contribution in [2.24, 2.45) is 17.3 Å². The van der Waals surface area contributed by atoms with Gasteiger partial charge in [0.1, 0.15) is 5.78 Å². The van der Waals surface area contributed by atoms with Gasteiger partial charge in [0.15, 0.2) is 12.6 Å². The molecule has 0 N–H and O–H groups in total. The molecule has 244 valence electrons. The lowest BCUT2D eigenvalue weighted by Crippen LogP contribution is -2.37. The zero-order valence-electron chi connectivity index (χ0n) is 26.7. The van der Waals surface area contributed by atoms with E-state index in [1.54, 1.807) is 0 Å². The highest BCUT2D eigenvalue weighted by Crippen LogP contribution is 2.39. The molecule has 0 spiro atoms. The summed E-state index contributed by atoms with van der Waals surface area (Å²) in [7, 11) is -3.38. The summed E-state index contributed by atoms with van der Waals surface area (Å²) in [5, 5.41) is 0. The molecule has 1 aliphatic carbocycles. The van der Waals surface area contributed by atoms with Crippen molar-refractivity contribution in [1.29, 1.82) is 0 Å². The van der Waals surface area contributed by atoms with Crippen LogP contribution in [-0.2, 0) is 38.0 Å². The van der Waals surface area contributed by atoms with E-state index in [2.05, 4.69) is 32.9 Å². The molecule has 0 aromatic heterocycles. The van der Waals surface area contributed by atoms with Crippen LogP contribution >= 0.6 is 0 Å². The Morgan fingerprint density at radius 2 is 1.62 bits per heavy atom. The molecule has 2 saturated heterocycles. The van der Waals surface area contributed by atoms with Gasteiger partial charge in [-0.05, 0) is 63.2 Å². The molecule has 8 nitrogen and oxygen atoms in total. The van der Waals surface area contributed by atoms with Crippen LogP contribution in [0.1, 0.15) is 124 Å². The molecule has 6 atom stereocenters. The van der Waals surface area contributed by atoms with Gasteiger partial charge in [0.25, 0.3) is 10.1 Å². The monoisotopic (exact) mass is 614 g/mol. The standard InChI is InChI=1S/C33H58O8S/c1-5-6-21-33(2,3)30(41-32-18-12-15-23-38-32)20-19-27-26(16-10-8-7-9-13-24-39-42(4,35)36)28(34)25-29(27)40-31-17-11-14-22-37-31/h19-20,26-27,29-32H,5-18,21-25H2,1-4H3/b20-19+/t26-,27-,29-,30?,31?,32?/m1/s1. The largest absolute Gasteiger partial charge is 0.353 e. The SMILES string of the molecule is CCCCC(C)(C)C(/C=C/[C@H]1[C@H](OC2CCCCO2)CC(=O)[C@@H]1CCCCCCCOS(C)(=O)=O)OC1CCCCO1. The molecule has 0 aromatic rings. The lowest BCUT2D eigenvalue weighted by Gasteiger charge is -2.36. The molecule has 2 heterocycles. The molecule has 2 aliphatic heterocycles. The van der Waals surface area contributed by atoms with E-state index in [0.29, 0.717) is 13.0 Å². The summed E-state index contributed by atoms with van der Waals surface area (Å²) in [6.07, 6.45) is 20.2. The lowest BCUT2D eigenvalue weighted by molar-refractivity contribution is -0.198. The van der Waals surface area contributed by atoms with Crippen LogP contribution in [0.3, 0.4) is 0 Å². The minimum absolute atomic E-state index is 0.00784. The van der Waals surface area contributed by atoms with E-state index in [-0.39, 0.29) is 54.4 Å². The van der Waals surface area contributed by atoms with E-state index in [1.807, 2.05) is 0 Å². The van der Waals surface area contributed by atoms with Crippen LogP contribution in [0.5, 0.6) is 0 Å². The number of carbonyl (C=O) groups is 1. The zero-order chi connectivity index (χ0) is 30.4. The van der Waals surface area contributed by atoms with Crippen molar-refractivity contribution in [3.05, 3.63) is 12.2 Å². The first-order chi connectivity index (χ1) is 20.1. The highest BCUT2D eigenvalue weighted by atomic mass is 32.2. The third-order valence-electron chi connectivity index (χ3n) is 9.02. The number of carbonyl (C=O) groups excluding carboxylic acids is 1. The molecule has 3 aliphatic rings. The van der Waals surface area contributed by atoms with Gasteiger partial charge in [0, 0.05) is 31.5 Å². The molecule has 3 rings (SSSR count). The van der Waals surface area contributed by atoms with Gasteiger partial charge in [-0.3, -0.25) is 8.98 Å². The molecule has 0 amide bonds. The number of ketones is 1.